The molecule has 3 N–H and O–H groups in total. The van der Waals surface area contributed by atoms with Crippen LogP contribution in [0.5, 0.6) is 0 Å². The third-order valence-corrected chi connectivity index (χ3v) is 3.68. The summed E-state index contributed by atoms with van der Waals surface area (Å²) in [6.07, 6.45) is 7.82. The molecule has 0 aliphatic carbocycles. The fourth-order valence-electron chi connectivity index (χ4n) is 1.74. The van der Waals surface area contributed by atoms with E-state index < -0.39 is 0 Å². The van der Waals surface area contributed by atoms with E-state index in [-0.39, 0.29) is 24.0 Å². The van der Waals surface area contributed by atoms with Gasteiger partial charge in [-0.25, -0.2) is 4.99 Å². The normalized spacial score (nSPS) is 11.1. The van der Waals surface area contributed by atoms with Gasteiger partial charge in [0.25, 0.3) is 0 Å². The summed E-state index contributed by atoms with van der Waals surface area (Å²) in [7, 11) is 0. The molecule has 0 atom stereocenters. The molecule has 1 heterocycles. The molecule has 0 aliphatic rings. The van der Waals surface area contributed by atoms with Crippen molar-refractivity contribution in [2.75, 3.05) is 6.54 Å². The minimum Gasteiger partial charge on any atom is -0.370 e. The van der Waals surface area contributed by atoms with Crippen LogP contribution in [0.1, 0.15) is 50.3 Å². The highest BCUT2D eigenvalue weighted by Crippen LogP contribution is 2.09. The molecule has 0 aliphatic heterocycles. The summed E-state index contributed by atoms with van der Waals surface area (Å²) in [5, 5.41) is 5.23. The first-order valence-electron chi connectivity index (χ1n) is 6.89. The fraction of sp³-hybridized carbons (Fsp3) is 0.643. The molecule has 0 bridgehead atoms. The van der Waals surface area contributed by atoms with Crippen molar-refractivity contribution < 1.29 is 0 Å². The minimum atomic E-state index is 0. The third-order valence-electron chi connectivity index (χ3n) is 2.82. The Morgan fingerprint density at radius 1 is 1.26 bits per heavy atom. The van der Waals surface area contributed by atoms with Crippen LogP contribution in [-0.2, 0) is 6.54 Å². The summed E-state index contributed by atoms with van der Waals surface area (Å²) >= 11 is 1.71. The summed E-state index contributed by atoms with van der Waals surface area (Å²) in [6.45, 7) is 3.87. The van der Waals surface area contributed by atoms with Crippen molar-refractivity contribution in [2.45, 2.75) is 52.0 Å². The summed E-state index contributed by atoms with van der Waals surface area (Å²) in [5.74, 6) is 0.567. The summed E-state index contributed by atoms with van der Waals surface area (Å²) in [6, 6.07) is 4.12. The summed E-state index contributed by atoms with van der Waals surface area (Å²) in [4.78, 5) is 5.56. The Balaban J connectivity index is 0.00000324. The second-order valence-electron chi connectivity index (χ2n) is 4.48. The molecule has 3 nitrogen and oxygen atoms in total. The topological polar surface area (TPSA) is 50.4 Å². The SMILES string of the molecule is CCCCCCCCNC(N)=NCc1cccs1.I. The van der Waals surface area contributed by atoms with Gasteiger partial charge in [-0.3, -0.25) is 0 Å². The first-order chi connectivity index (χ1) is 8.83. The quantitative estimate of drug-likeness (QED) is 0.286. The maximum absolute atomic E-state index is 5.80. The molecule has 1 aromatic rings. The number of aliphatic imine (C=N–C) groups is 1. The Bertz CT molecular complexity index is 325. The van der Waals surface area contributed by atoms with Crippen LogP contribution >= 0.6 is 35.3 Å². The fourth-order valence-corrected chi connectivity index (χ4v) is 2.37. The van der Waals surface area contributed by atoms with E-state index in [1.165, 1.54) is 43.4 Å². The molecule has 19 heavy (non-hydrogen) atoms. The number of nitrogens with two attached hydrogens (primary N) is 1. The van der Waals surface area contributed by atoms with Crippen LogP contribution < -0.4 is 11.1 Å². The van der Waals surface area contributed by atoms with Crippen molar-refractivity contribution in [2.24, 2.45) is 10.7 Å². The number of hydrogen-bond acceptors (Lipinski definition) is 2. The van der Waals surface area contributed by atoms with E-state index in [1.807, 2.05) is 6.07 Å². The lowest BCUT2D eigenvalue weighted by Crippen LogP contribution is -2.32. The predicted octanol–water partition coefficient (Wildman–Crippen LogP) is 4.13. The molecule has 0 amide bonds. The van der Waals surface area contributed by atoms with Crippen LogP contribution in [-0.4, -0.2) is 12.5 Å². The van der Waals surface area contributed by atoms with Gasteiger partial charge in [0.1, 0.15) is 0 Å². The largest absolute Gasteiger partial charge is 0.370 e. The van der Waals surface area contributed by atoms with Crippen LogP contribution in [0, 0.1) is 0 Å². The van der Waals surface area contributed by atoms with Crippen LogP contribution in [0.25, 0.3) is 0 Å². The molecule has 1 rings (SSSR count). The van der Waals surface area contributed by atoms with Crippen LogP contribution in [0.4, 0.5) is 0 Å². The highest BCUT2D eigenvalue weighted by Gasteiger charge is 1.94. The Hall–Kier alpha value is -0.300. The van der Waals surface area contributed by atoms with Gasteiger partial charge in [-0.1, -0.05) is 45.1 Å². The van der Waals surface area contributed by atoms with Gasteiger partial charge >= 0.3 is 0 Å². The monoisotopic (exact) mass is 395 g/mol. The number of unbranched alkanes of at least 4 members (excludes halogenated alkanes) is 5. The van der Waals surface area contributed by atoms with E-state index in [9.17, 15) is 0 Å². The third kappa shape index (κ3) is 10.2. The van der Waals surface area contributed by atoms with Crippen LogP contribution in [0.3, 0.4) is 0 Å². The van der Waals surface area contributed by atoms with E-state index in [1.54, 1.807) is 11.3 Å². The van der Waals surface area contributed by atoms with Crippen LogP contribution in [0.15, 0.2) is 22.5 Å². The smallest absolute Gasteiger partial charge is 0.188 e. The van der Waals surface area contributed by atoms with Gasteiger partial charge < -0.3 is 11.1 Å². The van der Waals surface area contributed by atoms with Crippen molar-refractivity contribution in [3.8, 4) is 0 Å². The molecule has 0 saturated carbocycles. The van der Waals surface area contributed by atoms with Gasteiger partial charge in [-0.15, -0.1) is 35.3 Å². The Labute approximate surface area is 138 Å². The molecule has 1 aromatic heterocycles. The molecule has 110 valence electrons. The van der Waals surface area contributed by atoms with Gasteiger partial charge in [0.05, 0.1) is 6.54 Å². The standard InChI is InChI=1S/C14H25N3S.HI/c1-2-3-4-5-6-7-10-16-14(15)17-12-13-9-8-11-18-13;/h8-9,11H,2-7,10,12H2,1H3,(H3,15,16,17);1H. The average molecular weight is 395 g/mol. The van der Waals surface area contributed by atoms with Gasteiger partial charge in [-0.2, -0.15) is 0 Å². The minimum absolute atomic E-state index is 0. The van der Waals surface area contributed by atoms with Crippen molar-refractivity contribution in [1.29, 1.82) is 0 Å². The first-order valence-corrected chi connectivity index (χ1v) is 7.77. The van der Waals surface area contributed by atoms with E-state index in [2.05, 4.69) is 28.7 Å². The summed E-state index contributed by atoms with van der Waals surface area (Å²) < 4.78 is 0. The number of nitrogens with zero attached hydrogens (tertiary/aromatic N) is 1. The molecular formula is C14H26IN3S. The van der Waals surface area contributed by atoms with Gasteiger partial charge in [0, 0.05) is 11.4 Å². The lowest BCUT2D eigenvalue weighted by atomic mass is 10.1. The van der Waals surface area contributed by atoms with E-state index in [0.717, 1.165) is 6.54 Å². The molecule has 0 fully saturated rings. The molecule has 0 saturated heterocycles. The maximum Gasteiger partial charge on any atom is 0.188 e. The van der Waals surface area contributed by atoms with Crippen LogP contribution in [0.2, 0.25) is 0 Å². The zero-order valence-electron chi connectivity index (χ0n) is 11.7. The maximum atomic E-state index is 5.80. The van der Waals surface area contributed by atoms with Crippen molar-refractivity contribution in [3.05, 3.63) is 22.4 Å². The number of nitrogens with one attached hydrogen (secondary N) is 1. The van der Waals surface area contributed by atoms with Gasteiger partial charge in [0.2, 0.25) is 0 Å². The molecule has 0 unspecified atom stereocenters. The lowest BCUT2D eigenvalue weighted by Gasteiger charge is -2.05. The zero-order valence-corrected chi connectivity index (χ0v) is 14.9. The lowest BCUT2D eigenvalue weighted by molar-refractivity contribution is 0.601. The number of guanidine groups is 1. The number of halogens is 1. The van der Waals surface area contributed by atoms with Crippen molar-refractivity contribution >= 4 is 41.3 Å². The van der Waals surface area contributed by atoms with E-state index in [4.69, 9.17) is 5.73 Å². The Kier molecular flexibility index (Phi) is 12.5. The molecule has 0 radical (unpaired) electrons. The molecule has 0 spiro atoms. The summed E-state index contributed by atoms with van der Waals surface area (Å²) in [5.41, 5.74) is 5.80. The average Bonchev–Trinajstić information content (AvgIpc) is 2.88. The highest BCUT2D eigenvalue weighted by molar-refractivity contribution is 14.0. The van der Waals surface area contributed by atoms with Gasteiger partial charge in [-0.05, 0) is 17.9 Å². The van der Waals surface area contributed by atoms with Gasteiger partial charge in [0.15, 0.2) is 5.96 Å². The number of hydrogen-bond donors (Lipinski definition) is 2. The molecule has 5 heteroatoms. The highest BCUT2D eigenvalue weighted by atomic mass is 127. The van der Waals surface area contributed by atoms with Crippen molar-refractivity contribution in [1.82, 2.24) is 5.32 Å². The number of rotatable bonds is 9. The second kappa shape index (κ2) is 12.7. The Morgan fingerprint density at radius 2 is 2.00 bits per heavy atom. The number of thiophene rings is 1. The first kappa shape index (κ1) is 18.7. The molecular weight excluding hydrogens is 369 g/mol. The van der Waals surface area contributed by atoms with E-state index in [0.29, 0.717) is 12.5 Å². The molecule has 0 aromatic carbocycles. The zero-order chi connectivity index (χ0) is 13.1. The second-order valence-corrected chi connectivity index (χ2v) is 5.51. The Morgan fingerprint density at radius 3 is 2.68 bits per heavy atom. The predicted molar refractivity (Wildman–Crippen MR) is 96.4 cm³/mol. The van der Waals surface area contributed by atoms with Crippen molar-refractivity contribution in [3.63, 3.8) is 0 Å². The van der Waals surface area contributed by atoms with E-state index >= 15 is 0 Å².